The average molecular weight is 598 g/mol. The summed E-state index contributed by atoms with van der Waals surface area (Å²) in [5.41, 5.74) is 3.68. The number of carbonyl (C=O) groups excluding carboxylic acids is 3. The van der Waals surface area contributed by atoms with E-state index in [1.807, 2.05) is 48.5 Å². The number of rotatable bonds is 5. The molecule has 0 radical (unpaired) electrons. The number of amides is 3. The Balaban J connectivity index is 1.38. The lowest BCUT2D eigenvalue weighted by molar-refractivity contribution is -0.385. The maximum atomic E-state index is 14.4. The second-order valence-corrected chi connectivity index (χ2v) is 11.5. The van der Waals surface area contributed by atoms with Crippen molar-refractivity contribution in [3.8, 4) is 0 Å². The lowest BCUT2D eigenvalue weighted by Crippen LogP contribution is -2.50. The summed E-state index contributed by atoms with van der Waals surface area (Å²) in [6.45, 7) is -0.285. The summed E-state index contributed by atoms with van der Waals surface area (Å²) >= 11 is 12.6. The quantitative estimate of drug-likeness (QED) is 0.151. The highest BCUT2D eigenvalue weighted by Gasteiger charge is 2.63. The smallest absolute Gasteiger partial charge is 0.272 e. The van der Waals surface area contributed by atoms with Gasteiger partial charge in [0.1, 0.15) is 5.56 Å². The Morgan fingerprint density at radius 3 is 1.79 bits per heavy atom. The van der Waals surface area contributed by atoms with E-state index in [2.05, 4.69) is 0 Å². The van der Waals surface area contributed by atoms with Gasteiger partial charge in [0.05, 0.1) is 23.3 Å². The lowest BCUT2D eigenvalue weighted by atomic mass is 9.55. The highest BCUT2D eigenvalue weighted by atomic mass is 35.5. The molecule has 1 fully saturated rings. The first kappa shape index (κ1) is 26.4. The van der Waals surface area contributed by atoms with Gasteiger partial charge in [-0.2, -0.15) is 5.01 Å². The standard InChI is InChI=1S/C32H21Cl2N3O5/c33-18-14-13-17(24(34)15-18)16-35(30(38)23-11-5-6-12-25(23)37(41)42)36-31(39)28-26-19-7-1-2-8-20(19)27(29(28)32(36)40)22-10-4-3-9-21(22)26/h1-15,26-29H,16H2/t26?,27?,28-,29-/m0/s1. The van der Waals surface area contributed by atoms with Crippen molar-refractivity contribution in [2.45, 2.75) is 18.4 Å². The Morgan fingerprint density at radius 2 is 1.29 bits per heavy atom. The fraction of sp³-hybridized carbons (Fsp3) is 0.156. The van der Waals surface area contributed by atoms with Crippen LogP contribution < -0.4 is 0 Å². The van der Waals surface area contributed by atoms with Crippen molar-refractivity contribution in [1.82, 2.24) is 10.0 Å². The van der Waals surface area contributed by atoms with Gasteiger partial charge in [0.2, 0.25) is 0 Å². The number of nitrogens with zero attached hydrogens (tertiary/aromatic N) is 3. The molecule has 1 aliphatic heterocycles. The third kappa shape index (κ3) is 3.79. The molecule has 1 saturated heterocycles. The van der Waals surface area contributed by atoms with Gasteiger partial charge in [-0.3, -0.25) is 24.5 Å². The Labute approximate surface area is 250 Å². The van der Waals surface area contributed by atoms with Crippen molar-refractivity contribution in [1.29, 1.82) is 0 Å². The van der Waals surface area contributed by atoms with E-state index in [-0.39, 0.29) is 29.0 Å². The number of carbonyl (C=O) groups is 3. The summed E-state index contributed by atoms with van der Waals surface area (Å²) in [7, 11) is 0. The molecule has 8 nitrogen and oxygen atoms in total. The van der Waals surface area contributed by atoms with Crippen LogP contribution in [0.15, 0.2) is 91.0 Å². The molecule has 0 saturated carbocycles. The number of imide groups is 1. The van der Waals surface area contributed by atoms with Crippen LogP contribution in [0.5, 0.6) is 0 Å². The highest BCUT2D eigenvalue weighted by molar-refractivity contribution is 6.35. The second kappa shape index (κ2) is 9.79. The number of benzene rings is 4. The van der Waals surface area contributed by atoms with Crippen molar-refractivity contribution in [3.05, 3.63) is 145 Å². The van der Waals surface area contributed by atoms with Crippen molar-refractivity contribution in [3.63, 3.8) is 0 Å². The van der Waals surface area contributed by atoms with Gasteiger partial charge in [-0.25, -0.2) is 5.01 Å². The zero-order valence-corrected chi connectivity index (χ0v) is 23.3. The molecule has 0 aromatic heterocycles. The van der Waals surface area contributed by atoms with E-state index in [1.54, 1.807) is 12.1 Å². The minimum absolute atomic E-state index is 0.222. The predicted molar refractivity (Wildman–Crippen MR) is 155 cm³/mol. The van der Waals surface area contributed by atoms with Crippen molar-refractivity contribution >= 4 is 46.6 Å². The van der Waals surface area contributed by atoms with Crippen LogP contribution in [0.2, 0.25) is 10.0 Å². The molecule has 1 heterocycles. The third-order valence-electron chi connectivity index (χ3n) is 8.57. The minimum atomic E-state index is -0.865. The first-order valence-corrected chi connectivity index (χ1v) is 14.1. The number of nitro benzene ring substituents is 1. The SMILES string of the molecule is O=C(c1ccccc1[N+](=O)[O-])N(Cc1ccc(Cl)cc1Cl)N1C(=O)[C@H]2C3c4ccccc4C(c4ccccc43)[C@@H]2C1=O. The Kier molecular flexibility index (Phi) is 6.15. The molecule has 4 aromatic rings. The van der Waals surface area contributed by atoms with Gasteiger partial charge >= 0.3 is 0 Å². The molecule has 0 unspecified atom stereocenters. The van der Waals surface area contributed by atoms with E-state index < -0.39 is 40.2 Å². The number of hydrogen-bond donors (Lipinski definition) is 0. The summed E-state index contributed by atoms with van der Waals surface area (Å²) in [5, 5.41) is 14.3. The Hall–Kier alpha value is -4.53. The van der Waals surface area contributed by atoms with Crippen LogP contribution in [-0.2, 0) is 16.1 Å². The minimum Gasteiger partial charge on any atom is -0.272 e. The molecule has 8 rings (SSSR count). The molecule has 2 bridgehead atoms. The molecule has 4 aromatic carbocycles. The van der Waals surface area contributed by atoms with E-state index in [9.17, 15) is 24.5 Å². The fourth-order valence-electron chi connectivity index (χ4n) is 6.90. The Bertz CT molecular complexity index is 1730. The van der Waals surface area contributed by atoms with Crippen LogP contribution in [-0.4, -0.2) is 32.7 Å². The van der Waals surface area contributed by atoms with Crippen LogP contribution in [0.1, 0.15) is 50.0 Å². The topological polar surface area (TPSA) is 101 Å². The zero-order chi connectivity index (χ0) is 29.3. The van der Waals surface area contributed by atoms with Crippen LogP contribution in [0.25, 0.3) is 0 Å². The largest absolute Gasteiger partial charge is 0.282 e. The predicted octanol–water partition coefficient (Wildman–Crippen LogP) is 6.35. The number of halogens is 2. The van der Waals surface area contributed by atoms with Gasteiger partial charge in [-0.15, -0.1) is 0 Å². The van der Waals surface area contributed by atoms with E-state index in [4.69, 9.17) is 23.2 Å². The molecule has 42 heavy (non-hydrogen) atoms. The first-order valence-electron chi connectivity index (χ1n) is 13.3. The second-order valence-electron chi connectivity index (χ2n) is 10.6. The molecule has 0 spiro atoms. The molecule has 3 amide bonds. The van der Waals surface area contributed by atoms with Gasteiger partial charge in [-0.05, 0) is 46.0 Å². The number of hydrazine groups is 1. The van der Waals surface area contributed by atoms with E-state index in [1.165, 1.54) is 30.3 Å². The van der Waals surface area contributed by atoms with Crippen molar-refractivity contribution in [2.75, 3.05) is 0 Å². The summed E-state index contributed by atoms with van der Waals surface area (Å²) in [4.78, 5) is 54.2. The number of para-hydroxylation sites is 1. The molecular formula is C32H21Cl2N3O5. The summed E-state index contributed by atoms with van der Waals surface area (Å²) in [6.07, 6.45) is 0. The van der Waals surface area contributed by atoms with Gasteiger partial charge in [0.15, 0.2) is 0 Å². The molecular weight excluding hydrogens is 577 g/mol. The summed E-state index contributed by atoms with van der Waals surface area (Å²) < 4.78 is 0. The molecule has 0 N–H and O–H groups in total. The summed E-state index contributed by atoms with van der Waals surface area (Å²) in [5.74, 6) is -4.16. The van der Waals surface area contributed by atoms with Crippen LogP contribution in [0, 0.1) is 22.0 Å². The zero-order valence-electron chi connectivity index (χ0n) is 21.8. The van der Waals surface area contributed by atoms with Gasteiger partial charge in [0.25, 0.3) is 23.4 Å². The normalized spacial score (nSPS) is 21.5. The maximum absolute atomic E-state index is 14.4. The summed E-state index contributed by atoms with van der Waals surface area (Å²) in [6, 6.07) is 25.8. The van der Waals surface area contributed by atoms with Crippen LogP contribution in [0.3, 0.4) is 0 Å². The van der Waals surface area contributed by atoms with Crippen molar-refractivity contribution < 1.29 is 19.3 Å². The molecule has 2 atom stereocenters. The molecule has 208 valence electrons. The van der Waals surface area contributed by atoms with Gasteiger partial charge < -0.3 is 0 Å². The molecule has 10 heteroatoms. The van der Waals surface area contributed by atoms with E-state index in [0.717, 1.165) is 32.3 Å². The number of hydrogen-bond acceptors (Lipinski definition) is 5. The maximum Gasteiger partial charge on any atom is 0.282 e. The van der Waals surface area contributed by atoms with Gasteiger partial charge in [-0.1, -0.05) is 89.9 Å². The van der Waals surface area contributed by atoms with E-state index in [0.29, 0.717) is 10.6 Å². The monoisotopic (exact) mass is 597 g/mol. The number of nitro groups is 1. The van der Waals surface area contributed by atoms with Crippen molar-refractivity contribution in [2.24, 2.45) is 11.8 Å². The van der Waals surface area contributed by atoms with Gasteiger partial charge in [0, 0.05) is 27.9 Å². The first-order chi connectivity index (χ1) is 20.3. The molecule has 4 aliphatic rings. The third-order valence-corrected chi connectivity index (χ3v) is 9.15. The van der Waals surface area contributed by atoms with E-state index >= 15 is 0 Å². The van der Waals surface area contributed by atoms with Crippen LogP contribution in [0.4, 0.5) is 5.69 Å². The van der Waals surface area contributed by atoms with Crippen LogP contribution >= 0.6 is 23.2 Å². The molecule has 3 aliphatic carbocycles. The Morgan fingerprint density at radius 1 is 0.786 bits per heavy atom. The highest BCUT2D eigenvalue weighted by Crippen LogP contribution is 2.61. The lowest BCUT2D eigenvalue weighted by Gasteiger charge is -2.45. The fourth-order valence-corrected chi connectivity index (χ4v) is 7.37. The average Bonchev–Trinajstić information content (AvgIpc) is 3.26.